The lowest BCUT2D eigenvalue weighted by Gasteiger charge is -2.33. The zero-order valence-corrected chi connectivity index (χ0v) is 25.8. The average molecular weight is 519 g/mol. The van der Waals surface area contributed by atoms with Gasteiger partial charge in [-0.1, -0.05) is 137 Å². The van der Waals surface area contributed by atoms with E-state index in [1.807, 2.05) is 0 Å². The molecule has 0 atom stereocenters. The summed E-state index contributed by atoms with van der Waals surface area (Å²) in [5, 5.41) is 3.12. The van der Waals surface area contributed by atoms with Crippen LogP contribution in [0.25, 0.3) is 11.1 Å². The molecule has 0 fully saturated rings. The fraction of sp³-hybridized carbons (Fsp3) is 0.639. The molecule has 0 aliphatic carbocycles. The van der Waals surface area contributed by atoms with Crippen LogP contribution in [0, 0.1) is 6.07 Å². The van der Waals surface area contributed by atoms with Crippen LogP contribution >= 0.6 is 0 Å². The van der Waals surface area contributed by atoms with E-state index >= 15 is 0 Å². The van der Waals surface area contributed by atoms with E-state index in [1.165, 1.54) is 80.0 Å². The van der Waals surface area contributed by atoms with Gasteiger partial charge in [-0.05, 0) is 70.5 Å². The van der Waals surface area contributed by atoms with Crippen LogP contribution in [0.4, 0.5) is 5.69 Å². The van der Waals surface area contributed by atoms with Gasteiger partial charge in [0, 0.05) is 12.1 Å². The Bertz CT molecular complexity index is 920. The summed E-state index contributed by atoms with van der Waals surface area (Å²) in [5.74, 6) is 0.127. The van der Waals surface area contributed by atoms with E-state index in [0.29, 0.717) is 6.42 Å². The Kier molecular flexibility index (Phi) is 13.6. The number of hydrogen-bond acceptors (Lipinski definition) is 1. The maximum absolute atomic E-state index is 12.6. The molecule has 38 heavy (non-hydrogen) atoms. The van der Waals surface area contributed by atoms with Gasteiger partial charge >= 0.3 is 0 Å². The van der Waals surface area contributed by atoms with Crippen molar-refractivity contribution in [1.82, 2.24) is 0 Å². The zero-order chi connectivity index (χ0) is 28.0. The van der Waals surface area contributed by atoms with Crippen molar-refractivity contribution in [2.75, 3.05) is 5.32 Å². The molecule has 211 valence electrons. The second kappa shape index (κ2) is 16.1. The van der Waals surface area contributed by atoms with Gasteiger partial charge in [-0.25, -0.2) is 0 Å². The number of carbonyl (C=O) groups excluding carboxylic acids is 1. The number of carbonyl (C=O) groups is 1. The van der Waals surface area contributed by atoms with Gasteiger partial charge in [-0.3, -0.25) is 4.79 Å². The van der Waals surface area contributed by atoms with Crippen molar-refractivity contribution in [3.63, 3.8) is 0 Å². The molecule has 0 bridgehead atoms. The molecule has 2 nitrogen and oxygen atoms in total. The fourth-order valence-corrected chi connectivity index (χ4v) is 5.16. The highest BCUT2D eigenvalue weighted by molar-refractivity contribution is 5.91. The van der Waals surface area contributed by atoms with E-state index in [1.54, 1.807) is 0 Å². The molecule has 1 radical (unpaired) electrons. The van der Waals surface area contributed by atoms with Crippen molar-refractivity contribution >= 4 is 11.6 Å². The Morgan fingerprint density at radius 3 is 1.76 bits per heavy atom. The lowest BCUT2D eigenvalue weighted by Crippen LogP contribution is -2.22. The molecule has 1 N–H and O–H groups in total. The Labute approximate surface area is 235 Å². The van der Waals surface area contributed by atoms with Crippen molar-refractivity contribution in [3.05, 3.63) is 53.6 Å². The van der Waals surface area contributed by atoms with Gasteiger partial charge in [-0.2, -0.15) is 0 Å². The molecule has 2 aromatic carbocycles. The van der Waals surface area contributed by atoms with Crippen molar-refractivity contribution < 1.29 is 4.79 Å². The van der Waals surface area contributed by atoms with Gasteiger partial charge in [0.2, 0.25) is 5.91 Å². The lowest BCUT2D eigenvalue weighted by molar-refractivity contribution is -0.116. The number of benzene rings is 2. The number of unbranched alkanes of at least 4 members (excludes halogenated alkanes) is 10. The van der Waals surface area contributed by atoms with Gasteiger partial charge in [0.15, 0.2) is 0 Å². The first kappa shape index (κ1) is 32.1. The van der Waals surface area contributed by atoms with Crippen LogP contribution in [-0.2, 0) is 15.6 Å². The number of hydrogen-bond donors (Lipinski definition) is 1. The van der Waals surface area contributed by atoms with Gasteiger partial charge < -0.3 is 5.32 Å². The van der Waals surface area contributed by atoms with Crippen LogP contribution in [0.15, 0.2) is 36.4 Å². The summed E-state index contributed by atoms with van der Waals surface area (Å²) in [4.78, 5) is 12.6. The van der Waals surface area contributed by atoms with E-state index in [-0.39, 0.29) is 16.7 Å². The number of anilines is 1. The van der Waals surface area contributed by atoms with Gasteiger partial charge in [-0.15, -0.1) is 0 Å². The second-order valence-corrected chi connectivity index (χ2v) is 12.5. The minimum absolute atomic E-state index is 0.0384. The largest absolute Gasteiger partial charge is 0.326 e. The van der Waals surface area contributed by atoms with Gasteiger partial charge in [0.1, 0.15) is 0 Å². The molecule has 0 heterocycles. The average Bonchev–Trinajstić information content (AvgIpc) is 2.91. The molecule has 0 saturated carbocycles. The summed E-state index contributed by atoms with van der Waals surface area (Å²) in [7, 11) is 0. The number of amides is 1. The van der Waals surface area contributed by atoms with Crippen LogP contribution < -0.4 is 5.32 Å². The predicted molar refractivity (Wildman–Crippen MR) is 167 cm³/mol. The molecular formula is C36H56NO. The van der Waals surface area contributed by atoms with Crippen LogP contribution in [-0.4, -0.2) is 5.91 Å². The Morgan fingerprint density at radius 1 is 0.711 bits per heavy atom. The maximum atomic E-state index is 12.6. The van der Waals surface area contributed by atoms with E-state index in [4.69, 9.17) is 0 Å². The predicted octanol–water partition coefficient (Wildman–Crippen LogP) is 11.2. The van der Waals surface area contributed by atoms with Gasteiger partial charge in [0.25, 0.3) is 0 Å². The summed E-state index contributed by atoms with van der Waals surface area (Å²) in [5.41, 5.74) is 6.18. The van der Waals surface area contributed by atoms with Crippen molar-refractivity contribution in [2.24, 2.45) is 0 Å². The summed E-state index contributed by atoms with van der Waals surface area (Å²) < 4.78 is 0. The van der Waals surface area contributed by atoms with E-state index in [0.717, 1.165) is 31.4 Å². The van der Waals surface area contributed by atoms with Crippen LogP contribution in [0.1, 0.15) is 149 Å². The summed E-state index contributed by atoms with van der Waals surface area (Å²) >= 11 is 0. The minimum Gasteiger partial charge on any atom is -0.326 e. The lowest BCUT2D eigenvalue weighted by atomic mass is 9.71. The SMILES string of the molecule is CCCCCCCCCCCCCC(=O)Nc1ccc(-c2c(C(C)(C)CC)[c]ccc2C(C)(C)CC)cc1. The monoisotopic (exact) mass is 518 g/mol. The minimum atomic E-state index is 0.0384. The first-order chi connectivity index (χ1) is 18.2. The first-order valence-corrected chi connectivity index (χ1v) is 15.6. The Morgan fingerprint density at radius 2 is 1.24 bits per heavy atom. The smallest absolute Gasteiger partial charge is 0.224 e. The highest BCUT2D eigenvalue weighted by Crippen LogP contribution is 2.42. The van der Waals surface area contributed by atoms with E-state index < -0.39 is 0 Å². The molecule has 2 aromatic rings. The molecule has 0 saturated heterocycles. The Hall–Kier alpha value is -2.09. The topological polar surface area (TPSA) is 29.1 Å². The molecule has 0 aliphatic rings. The summed E-state index contributed by atoms with van der Waals surface area (Å²) in [6.45, 7) is 16.1. The maximum Gasteiger partial charge on any atom is 0.224 e. The third-order valence-corrected chi connectivity index (χ3v) is 8.64. The molecule has 2 rings (SSSR count). The third kappa shape index (κ3) is 9.90. The molecule has 0 spiro atoms. The standard InChI is InChI=1S/C36H56NO/c1-8-11-12-13-14-15-16-17-18-19-20-24-33(38)37-30-27-25-29(26-28-30)34-31(35(4,5)9-2)22-21-23-32(34)36(6,7)10-3/h21-22,25-28H,8-20,24H2,1-7H3,(H,37,38). The van der Waals surface area contributed by atoms with E-state index in [9.17, 15) is 4.79 Å². The van der Waals surface area contributed by atoms with Crippen LogP contribution in [0.5, 0.6) is 0 Å². The molecule has 1 amide bonds. The second-order valence-electron chi connectivity index (χ2n) is 12.5. The Balaban J connectivity index is 1.93. The molecule has 0 aliphatic heterocycles. The summed E-state index contributed by atoms with van der Waals surface area (Å²) in [6.07, 6.45) is 17.0. The normalized spacial score (nSPS) is 12.1. The van der Waals surface area contributed by atoms with Crippen LogP contribution in [0.3, 0.4) is 0 Å². The zero-order valence-electron chi connectivity index (χ0n) is 25.8. The quantitative estimate of drug-likeness (QED) is 0.195. The summed E-state index contributed by atoms with van der Waals surface area (Å²) in [6, 6.07) is 16.4. The van der Waals surface area contributed by atoms with Crippen molar-refractivity contribution in [2.45, 2.75) is 149 Å². The molecule has 0 aromatic heterocycles. The fourth-order valence-electron chi connectivity index (χ4n) is 5.16. The highest BCUT2D eigenvalue weighted by Gasteiger charge is 2.29. The van der Waals surface area contributed by atoms with Crippen molar-refractivity contribution in [3.8, 4) is 11.1 Å². The van der Waals surface area contributed by atoms with Crippen LogP contribution in [0.2, 0.25) is 0 Å². The van der Waals surface area contributed by atoms with Crippen molar-refractivity contribution in [1.29, 1.82) is 0 Å². The molecule has 0 unspecified atom stereocenters. The highest BCUT2D eigenvalue weighted by atomic mass is 16.1. The third-order valence-electron chi connectivity index (χ3n) is 8.64. The van der Waals surface area contributed by atoms with Gasteiger partial charge in [0.05, 0.1) is 0 Å². The number of rotatable bonds is 18. The number of nitrogens with one attached hydrogen (secondary N) is 1. The first-order valence-electron chi connectivity index (χ1n) is 15.6. The molecular weight excluding hydrogens is 462 g/mol. The van der Waals surface area contributed by atoms with E-state index in [2.05, 4.69) is 96.2 Å². The molecule has 2 heteroatoms.